The predicted octanol–water partition coefficient (Wildman–Crippen LogP) is 11.5. The van der Waals surface area contributed by atoms with Gasteiger partial charge in [0.25, 0.3) is 0 Å². The molecule has 0 heteroatoms. The molecule has 0 spiro atoms. The molecule has 0 radical (unpaired) electrons. The Morgan fingerprint density at radius 1 is 0.367 bits per heavy atom. The largest absolute Gasteiger partial charge is 0.0945 e. The number of aryl methyl sites for hydroxylation is 3. The zero-order valence-corrected chi connectivity index (χ0v) is 30.1. The SMILES string of the molecule is Cc1ccc(C#Cc2ccc(C#CC3CCC(C)CC3)cc2)cc1.Cc1ccc(C#Cc2ccc(C#CC3CCC(C)CC3)cc2)cc1C. The predicted molar refractivity (Wildman–Crippen MR) is 208 cm³/mol. The number of hydrogen-bond acceptors (Lipinski definition) is 0. The van der Waals surface area contributed by atoms with E-state index in [1.54, 1.807) is 0 Å². The van der Waals surface area contributed by atoms with Crippen molar-refractivity contribution in [2.24, 2.45) is 23.7 Å². The minimum atomic E-state index is 0.584. The van der Waals surface area contributed by atoms with Crippen molar-refractivity contribution in [2.45, 2.75) is 86.0 Å². The van der Waals surface area contributed by atoms with E-state index < -0.39 is 0 Å². The summed E-state index contributed by atoms with van der Waals surface area (Å²) in [7, 11) is 0. The van der Waals surface area contributed by atoms with Gasteiger partial charge < -0.3 is 0 Å². The van der Waals surface area contributed by atoms with Crippen molar-refractivity contribution in [1.29, 1.82) is 0 Å². The van der Waals surface area contributed by atoms with Gasteiger partial charge >= 0.3 is 0 Å². The second kappa shape index (κ2) is 18.0. The summed E-state index contributed by atoms with van der Waals surface area (Å²) in [5.41, 5.74) is 10.2. The summed E-state index contributed by atoms with van der Waals surface area (Å²) in [6.45, 7) is 11.0. The monoisotopic (exact) mass is 638 g/mol. The van der Waals surface area contributed by atoms with Gasteiger partial charge in [0.1, 0.15) is 0 Å². The maximum atomic E-state index is 3.46. The Morgan fingerprint density at radius 3 is 1.08 bits per heavy atom. The van der Waals surface area contributed by atoms with Gasteiger partial charge in [-0.05, 0) is 168 Å². The maximum absolute atomic E-state index is 3.46. The molecule has 4 aromatic carbocycles. The molecule has 0 aliphatic heterocycles. The standard InChI is InChI=1S/C25H26.C24H24/c1-19-4-7-22(8-5-19)10-11-23-12-14-24(15-13-23)16-17-25-9-6-20(2)21(3)18-25;1-19-3-7-21(8-4-19)11-13-23-15-17-24(18-16-23)14-12-22-9-5-20(2)6-10-22/h6,9,12-15,18-19,22H,4-5,7-8H2,1-3H3;3-4,7-8,15-18,20,22H,5-6,9-10H2,1-2H3. The molecule has 0 atom stereocenters. The van der Waals surface area contributed by atoms with Gasteiger partial charge in [-0.15, -0.1) is 0 Å². The van der Waals surface area contributed by atoms with E-state index >= 15 is 0 Å². The fourth-order valence-corrected chi connectivity index (χ4v) is 6.20. The first kappa shape index (κ1) is 35.4. The van der Waals surface area contributed by atoms with Crippen LogP contribution in [-0.2, 0) is 0 Å². The lowest BCUT2D eigenvalue weighted by molar-refractivity contribution is 0.337. The van der Waals surface area contributed by atoms with Crippen LogP contribution in [0.1, 0.15) is 115 Å². The zero-order chi connectivity index (χ0) is 34.4. The summed E-state index contributed by atoms with van der Waals surface area (Å²) in [4.78, 5) is 0. The normalized spacial score (nSPS) is 19.4. The zero-order valence-electron chi connectivity index (χ0n) is 30.1. The molecule has 0 heterocycles. The molecule has 0 unspecified atom stereocenters. The molecule has 2 saturated carbocycles. The number of benzene rings is 4. The highest BCUT2D eigenvalue weighted by atomic mass is 14.2. The van der Waals surface area contributed by atoms with E-state index in [2.05, 4.69) is 173 Å². The van der Waals surface area contributed by atoms with Crippen LogP contribution in [0.25, 0.3) is 0 Å². The van der Waals surface area contributed by atoms with Crippen LogP contribution in [-0.4, -0.2) is 0 Å². The fourth-order valence-electron chi connectivity index (χ4n) is 6.20. The van der Waals surface area contributed by atoms with Crippen molar-refractivity contribution in [2.75, 3.05) is 0 Å². The summed E-state index contributed by atoms with van der Waals surface area (Å²) in [5, 5.41) is 0. The summed E-state index contributed by atoms with van der Waals surface area (Å²) in [5.74, 6) is 29.5. The van der Waals surface area contributed by atoms with E-state index in [-0.39, 0.29) is 0 Å². The van der Waals surface area contributed by atoms with E-state index in [9.17, 15) is 0 Å². The van der Waals surface area contributed by atoms with Gasteiger partial charge in [-0.2, -0.15) is 0 Å². The Hall–Kier alpha value is -4.88. The molecule has 0 amide bonds. The van der Waals surface area contributed by atoms with E-state index in [0.29, 0.717) is 11.8 Å². The second-order valence-corrected chi connectivity index (χ2v) is 14.3. The van der Waals surface area contributed by atoms with E-state index in [4.69, 9.17) is 0 Å². The van der Waals surface area contributed by atoms with Crippen molar-refractivity contribution in [3.8, 4) is 47.4 Å². The van der Waals surface area contributed by atoms with Crippen molar-refractivity contribution in [1.82, 2.24) is 0 Å². The molecule has 0 aromatic heterocycles. The summed E-state index contributed by atoms with van der Waals surface area (Å²) >= 11 is 0. The molecule has 0 nitrogen and oxygen atoms in total. The number of rotatable bonds is 0. The second-order valence-electron chi connectivity index (χ2n) is 14.3. The lowest BCUT2D eigenvalue weighted by Crippen LogP contribution is -2.10. The summed E-state index contributed by atoms with van der Waals surface area (Å²) in [6, 6.07) is 31.3. The van der Waals surface area contributed by atoms with Crippen LogP contribution < -0.4 is 0 Å². The molecule has 2 aliphatic rings. The van der Waals surface area contributed by atoms with Crippen LogP contribution in [0.5, 0.6) is 0 Å². The molecule has 246 valence electrons. The van der Waals surface area contributed by atoms with Crippen LogP contribution in [0.4, 0.5) is 0 Å². The lowest BCUT2D eigenvalue weighted by atomic mass is 9.83. The molecule has 0 saturated heterocycles. The van der Waals surface area contributed by atoms with Gasteiger partial charge in [0.2, 0.25) is 0 Å². The Labute approximate surface area is 297 Å². The van der Waals surface area contributed by atoms with Crippen LogP contribution >= 0.6 is 0 Å². The van der Waals surface area contributed by atoms with Crippen LogP contribution in [0.3, 0.4) is 0 Å². The molecule has 49 heavy (non-hydrogen) atoms. The minimum Gasteiger partial charge on any atom is -0.0945 e. The average Bonchev–Trinajstić information content (AvgIpc) is 3.12. The lowest BCUT2D eigenvalue weighted by Gasteiger charge is -2.21. The first-order valence-electron chi connectivity index (χ1n) is 18.2. The molecule has 2 fully saturated rings. The van der Waals surface area contributed by atoms with E-state index in [1.807, 2.05) is 0 Å². The first-order valence-corrected chi connectivity index (χ1v) is 18.2. The number of hydrogen-bond donors (Lipinski definition) is 0. The molecular formula is C49H50. The third kappa shape index (κ3) is 11.9. The van der Waals surface area contributed by atoms with Gasteiger partial charge in [0.15, 0.2) is 0 Å². The smallest absolute Gasteiger partial charge is 0.0251 e. The van der Waals surface area contributed by atoms with Crippen molar-refractivity contribution < 1.29 is 0 Å². The van der Waals surface area contributed by atoms with Crippen molar-refractivity contribution in [3.05, 3.63) is 141 Å². The fraction of sp³-hybridized carbons (Fsp3) is 0.347. The summed E-state index contributed by atoms with van der Waals surface area (Å²) in [6.07, 6.45) is 10.3. The Kier molecular flexibility index (Phi) is 13.0. The van der Waals surface area contributed by atoms with Crippen LogP contribution in [0.2, 0.25) is 0 Å². The van der Waals surface area contributed by atoms with Gasteiger partial charge in [-0.3, -0.25) is 0 Å². The molecule has 6 rings (SSSR count). The maximum Gasteiger partial charge on any atom is 0.0251 e. The Balaban J connectivity index is 0.000000191. The molecule has 0 bridgehead atoms. The summed E-state index contributed by atoms with van der Waals surface area (Å²) < 4.78 is 0. The van der Waals surface area contributed by atoms with Crippen LogP contribution in [0.15, 0.2) is 91.0 Å². The van der Waals surface area contributed by atoms with E-state index in [0.717, 1.165) is 45.2 Å². The highest BCUT2D eigenvalue weighted by Gasteiger charge is 2.16. The Morgan fingerprint density at radius 2 is 0.694 bits per heavy atom. The van der Waals surface area contributed by atoms with Gasteiger partial charge in [0.05, 0.1) is 0 Å². The molecule has 4 aromatic rings. The molecular weight excluding hydrogens is 589 g/mol. The molecule has 2 aliphatic carbocycles. The molecule has 0 N–H and O–H groups in total. The first-order chi connectivity index (χ1) is 23.8. The topological polar surface area (TPSA) is 0 Å². The third-order valence-electron chi connectivity index (χ3n) is 9.90. The quantitative estimate of drug-likeness (QED) is 0.168. The Bertz CT molecular complexity index is 1910. The minimum absolute atomic E-state index is 0.584. The van der Waals surface area contributed by atoms with Crippen molar-refractivity contribution in [3.63, 3.8) is 0 Å². The van der Waals surface area contributed by atoms with Crippen molar-refractivity contribution >= 4 is 0 Å². The van der Waals surface area contributed by atoms with Crippen LogP contribution in [0, 0.1) is 91.8 Å². The van der Waals surface area contributed by atoms with Gasteiger partial charge in [0, 0.05) is 45.2 Å². The average molecular weight is 639 g/mol. The van der Waals surface area contributed by atoms with Gasteiger partial charge in [-0.25, -0.2) is 0 Å². The highest BCUT2D eigenvalue weighted by Crippen LogP contribution is 2.28. The highest BCUT2D eigenvalue weighted by molar-refractivity contribution is 5.48. The van der Waals surface area contributed by atoms with Gasteiger partial charge in [-0.1, -0.05) is 85.0 Å². The van der Waals surface area contributed by atoms with E-state index in [1.165, 1.54) is 68.1 Å². The third-order valence-corrected chi connectivity index (χ3v) is 9.90.